The van der Waals surface area contributed by atoms with Gasteiger partial charge in [0, 0.05) is 11.1 Å². The zero-order valence-corrected chi connectivity index (χ0v) is 23.1. The van der Waals surface area contributed by atoms with Crippen LogP contribution in [0.3, 0.4) is 0 Å². The van der Waals surface area contributed by atoms with Crippen LogP contribution in [0.2, 0.25) is 0 Å². The number of ether oxygens (including phenoxy) is 1. The molecule has 3 aromatic rings. The van der Waals surface area contributed by atoms with Gasteiger partial charge in [0.05, 0.1) is 6.61 Å². The highest BCUT2D eigenvalue weighted by Crippen LogP contribution is 2.35. The first-order chi connectivity index (χ1) is 19.0. The molecule has 0 heterocycles. The SMILES string of the molecule is C/C=C/CCC1CC=C(c2ccc(-c3ccc(-c4ccc(OCCCCCC)c(F)c4F)cc3)c(F)c2)CC1. The van der Waals surface area contributed by atoms with Crippen molar-refractivity contribution in [3.05, 3.63) is 95.8 Å². The number of hydrogen-bond donors (Lipinski definition) is 0. The molecule has 0 amide bonds. The van der Waals surface area contributed by atoms with E-state index in [1.165, 1.54) is 24.1 Å². The molecule has 0 radical (unpaired) electrons. The first-order valence-electron chi connectivity index (χ1n) is 14.3. The second-order valence-corrected chi connectivity index (χ2v) is 10.4. The Morgan fingerprint density at radius 3 is 2.23 bits per heavy atom. The summed E-state index contributed by atoms with van der Waals surface area (Å²) >= 11 is 0. The van der Waals surface area contributed by atoms with E-state index in [-0.39, 0.29) is 17.1 Å². The average molecular weight is 533 g/mol. The number of unbranched alkanes of at least 4 members (excludes halogenated alkanes) is 3. The topological polar surface area (TPSA) is 9.23 Å². The van der Waals surface area contributed by atoms with Crippen LogP contribution in [0, 0.1) is 23.4 Å². The largest absolute Gasteiger partial charge is 0.490 e. The zero-order chi connectivity index (χ0) is 27.6. The minimum atomic E-state index is -0.977. The maximum Gasteiger partial charge on any atom is 0.201 e. The van der Waals surface area contributed by atoms with Crippen LogP contribution in [-0.2, 0) is 0 Å². The lowest BCUT2D eigenvalue weighted by Gasteiger charge is -2.22. The van der Waals surface area contributed by atoms with Crippen LogP contribution in [0.1, 0.15) is 77.2 Å². The predicted molar refractivity (Wildman–Crippen MR) is 156 cm³/mol. The van der Waals surface area contributed by atoms with Gasteiger partial charge >= 0.3 is 0 Å². The number of halogens is 3. The van der Waals surface area contributed by atoms with Gasteiger partial charge in [-0.25, -0.2) is 8.78 Å². The molecule has 1 nitrogen and oxygen atoms in total. The molecule has 39 heavy (non-hydrogen) atoms. The molecule has 0 fully saturated rings. The van der Waals surface area contributed by atoms with Crippen LogP contribution in [0.25, 0.3) is 27.8 Å². The number of allylic oxidation sites excluding steroid dienone is 4. The standard InChI is InChI=1S/C35H39F3O/c1-3-5-7-9-23-39-33-22-21-31(34(37)35(33)38)28-17-15-27(16-18-28)30-20-19-29(24-32(30)36)26-13-11-25(12-14-26)10-8-6-4-2/h4,6,13,15-22,24-25H,3,5,7-12,14,23H2,1-2H3/b6-4+. The Balaban J connectivity index is 1.43. The van der Waals surface area contributed by atoms with Crippen molar-refractivity contribution in [3.8, 4) is 28.0 Å². The van der Waals surface area contributed by atoms with Gasteiger partial charge in [-0.3, -0.25) is 0 Å². The van der Waals surface area contributed by atoms with E-state index in [4.69, 9.17) is 4.74 Å². The van der Waals surface area contributed by atoms with Gasteiger partial charge in [0.1, 0.15) is 5.82 Å². The van der Waals surface area contributed by atoms with Gasteiger partial charge in [0.25, 0.3) is 0 Å². The van der Waals surface area contributed by atoms with Gasteiger partial charge in [-0.1, -0.05) is 80.8 Å². The summed E-state index contributed by atoms with van der Waals surface area (Å²) in [5, 5.41) is 0. The van der Waals surface area contributed by atoms with Gasteiger partial charge in [-0.2, -0.15) is 4.39 Å². The fourth-order valence-electron chi connectivity index (χ4n) is 5.27. The van der Waals surface area contributed by atoms with E-state index in [1.54, 1.807) is 30.3 Å². The van der Waals surface area contributed by atoms with E-state index in [0.717, 1.165) is 56.9 Å². The van der Waals surface area contributed by atoms with Crippen molar-refractivity contribution >= 4 is 5.57 Å². The summed E-state index contributed by atoms with van der Waals surface area (Å²) < 4.78 is 50.1. The summed E-state index contributed by atoms with van der Waals surface area (Å²) in [4.78, 5) is 0. The van der Waals surface area contributed by atoms with Crippen molar-refractivity contribution in [1.29, 1.82) is 0 Å². The lowest BCUT2D eigenvalue weighted by Crippen LogP contribution is -2.05. The quantitative estimate of drug-likeness (QED) is 0.166. The third-order valence-electron chi connectivity index (χ3n) is 7.65. The van der Waals surface area contributed by atoms with Crippen molar-refractivity contribution in [3.63, 3.8) is 0 Å². The van der Waals surface area contributed by atoms with Crippen LogP contribution >= 0.6 is 0 Å². The van der Waals surface area contributed by atoms with Gasteiger partial charge in [-0.05, 0) is 91.8 Å². The minimum Gasteiger partial charge on any atom is -0.490 e. The molecule has 0 saturated heterocycles. The number of hydrogen-bond acceptors (Lipinski definition) is 1. The Hall–Kier alpha value is -3.27. The molecule has 1 aliphatic rings. The van der Waals surface area contributed by atoms with Crippen LogP contribution in [0.5, 0.6) is 5.75 Å². The predicted octanol–water partition coefficient (Wildman–Crippen LogP) is 10.9. The van der Waals surface area contributed by atoms with Crippen LogP contribution in [-0.4, -0.2) is 6.61 Å². The van der Waals surface area contributed by atoms with E-state index in [0.29, 0.717) is 29.2 Å². The lowest BCUT2D eigenvalue weighted by molar-refractivity contribution is 0.285. The van der Waals surface area contributed by atoms with E-state index < -0.39 is 11.6 Å². The summed E-state index contributed by atoms with van der Waals surface area (Å²) in [7, 11) is 0. The van der Waals surface area contributed by atoms with Gasteiger partial charge in [0.2, 0.25) is 5.82 Å². The second-order valence-electron chi connectivity index (χ2n) is 10.4. The summed E-state index contributed by atoms with van der Waals surface area (Å²) in [6.45, 7) is 4.53. The van der Waals surface area contributed by atoms with E-state index in [1.807, 2.05) is 12.1 Å². The molecule has 4 heteroatoms. The van der Waals surface area contributed by atoms with Crippen molar-refractivity contribution in [2.45, 2.75) is 71.6 Å². The molecule has 3 aromatic carbocycles. The molecule has 0 bridgehead atoms. The highest BCUT2D eigenvalue weighted by atomic mass is 19.2. The van der Waals surface area contributed by atoms with Gasteiger partial charge in [-0.15, -0.1) is 0 Å². The summed E-state index contributed by atoms with van der Waals surface area (Å²) in [6.07, 6.45) is 16.1. The smallest absolute Gasteiger partial charge is 0.201 e. The maximum atomic E-state index is 15.2. The van der Waals surface area contributed by atoms with Crippen LogP contribution in [0.15, 0.2) is 72.8 Å². The molecule has 0 N–H and O–H groups in total. The monoisotopic (exact) mass is 532 g/mol. The first-order valence-corrected chi connectivity index (χ1v) is 14.3. The van der Waals surface area contributed by atoms with Crippen molar-refractivity contribution in [2.75, 3.05) is 6.61 Å². The maximum absolute atomic E-state index is 15.2. The third-order valence-corrected chi connectivity index (χ3v) is 7.65. The lowest BCUT2D eigenvalue weighted by atomic mass is 9.84. The Kier molecular flexibility index (Phi) is 10.5. The van der Waals surface area contributed by atoms with Crippen LogP contribution in [0.4, 0.5) is 13.2 Å². The Bertz CT molecular complexity index is 1290. The Morgan fingerprint density at radius 2 is 1.56 bits per heavy atom. The Morgan fingerprint density at radius 1 is 0.846 bits per heavy atom. The van der Waals surface area contributed by atoms with Gasteiger partial charge < -0.3 is 4.74 Å². The highest BCUT2D eigenvalue weighted by molar-refractivity contribution is 5.74. The number of benzene rings is 3. The molecule has 0 spiro atoms. The average Bonchev–Trinajstić information content (AvgIpc) is 2.96. The van der Waals surface area contributed by atoms with Crippen LogP contribution < -0.4 is 4.74 Å². The molecular weight excluding hydrogens is 493 g/mol. The molecular formula is C35H39F3O. The molecule has 0 saturated carbocycles. The fourth-order valence-corrected chi connectivity index (χ4v) is 5.27. The molecule has 1 atom stereocenters. The fraction of sp³-hybridized carbons (Fsp3) is 0.371. The second kappa shape index (κ2) is 14.2. The first kappa shape index (κ1) is 28.7. The molecule has 0 aliphatic heterocycles. The summed E-state index contributed by atoms with van der Waals surface area (Å²) in [6, 6.07) is 15.3. The molecule has 206 valence electrons. The van der Waals surface area contributed by atoms with Crippen molar-refractivity contribution in [1.82, 2.24) is 0 Å². The molecule has 1 unspecified atom stereocenters. The number of rotatable bonds is 12. The Labute approximate surface area is 231 Å². The third kappa shape index (κ3) is 7.44. The summed E-state index contributed by atoms with van der Waals surface area (Å²) in [5.41, 5.74) is 4.01. The van der Waals surface area contributed by atoms with E-state index in [9.17, 15) is 8.78 Å². The molecule has 1 aliphatic carbocycles. The van der Waals surface area contributed by atoms with E-state index >= 15 is 4.39 Å². The summed E-state index contributed by atoms with van der Waals surface area (Å²) in [5.74, 6) is -1.56. The zero-order valence-electron chi connectivity index (χ0n) is 23.1. The molecule has 0 aromatic heterocycles. The van der Waals surface area contributed by atoms with Crippen molar-refractivity contribution < 1.29 is 17.9 Å². The highest BCUT2D eigenvalue weighted by Gasteiger charge is 2.18. The van der Waals surface area contributed by atoms with Gasteiger partial charge in [0.15, 0.2) is 11.6 Å². The normalized spacial score (nSPS) is 15.5. The van der Waals surface area contributed by atoms with E-state index in [2.05, 4.69) is 32.1 Å². The molecule has 4 rings (SSSR count). The van der Waals surface area contributed by atoms with Crippen molar-refractivity contribution in [2.24, 2.45) is 5.92 Å². The minimum absolute atomic E-state index is 0.0659.